The Morgan fingerprint density at radius 3 is 2.61 bits per heavy atom. The van der Waals surface area contributed by atoms with Crippen LogP contribution in [-0.4, -0.2) is 19.5 Å². The lowest BCUT2D eigenvalue weighted by atomic mass is 10.1. The second-order valence-electron chi connectivity index (χ2n) is 3.72. The monoisotopic (exact) mass is 279 g/mol. The minimum absolute atomic E-state index is 0.108. The zero-order chi connectivity index (χ0) is 13.6. The van der Waals surface area contributed by atoms with E-state index in [1.807, 2.05) is 0 Å². The minimum atomic E-state index is -4.32. The van der Waals surface area contributed by atoms with Crippen molar-refractivity contribution in [2.45, 2.75) is 24.0 Å². The average Bonchev–Trinajstić information content (AvgIpc) is 2.33. The van der Waals surface area contributed by atoms with Gasteiger partial charge >= 0.3 is 6.18 Å². The van der Waals surface area contributed by atoms with E-state index < -0.39 is 11.7 Å². The molecule has 1 rings (SSSR count). The first-order valence-electron chi connectivity index (χ1n) is 5.51. The number of thioether (sulfide) groups is 1. The Balaban J connectivity index is 2.74. The van der Waals surface area contributed by atoms with Crippen LogP contribution in [0.2, 0.25) is 0 Å². The first kappa shape index (κ1) is 15.3. The molecule has 0 aliphatic carbocycles. The molecule has 2 nitrogen and oxygen atoms in total. The second kappa shape index (κ2) is 7.01. The number of hydrogen-bond donors (Lipinski definition) is 1. The lowest BCUT2D eigenvalue weighted by Gasteiger charge is -2.12. The van der Waals surface area contributed by atoms with E-state index in [9.17, 15) is 13.2 Å². The number of benzene rings is 1. The third-order valence-electron chi connectivity index (χ3n) is 2.36. The molecule has 0 spiro atoms. The van der Waals surface area contributed by atoms with Crippen LogP contribution in [0.1, 0.15) is 17.5 Å². The van der Waals surface area contributed by atoms with Crippen molar-refractivity contribution in [3.05, 3.63) is 29.3 Å². The van der Waals surface area contributed by atoms with Crippen molar-refractivity contribution >= 4 is 11.8 Å². The zero-order valence-electron chi connectivity index (χ0n) is 10.1. The maximum atomic E-state index is 12.5. The van der Waals surface area contributed by atoms with Crippen LogP contribution >= 0.6 is 11.8 Å². The van der Waals surface area contributed by atoms with Gasteiger partial charge in [0, 0.05) is 30.9 Å². The summed E-state index contributed by atoms with van der Waals surface area (Å²) in [4.78, 5) is 0.807. The summed E-state index contributed by atoms with van der Waals surface area (Å²) in [7, 11) is 1.62. The van der Waals surface area contributed by atoms with Gasteiger partial charge in [0.2, 0.25) is 0 Å². The third kappa shape index (κ3) is 4.51. The number of hydrogen-bond acceptors (Lipinski definition) is 3. The third-order valence-corrected chi connectivity index (χ3v) is 3.56. The standard InChI is InChI=1S/C12H16F3NOS/c1-17-5-2-6-18-11-4-3-10(12(13,14)15)7-9(11)8-16/h3-4,7H,2,5-6,8,16H2,1H3. The van der Waals surface area contributed by atoms with Gasteiger partial charge in [-0.15, -0.1) is 11.8 Å². The summed E-state index contributed by atoms with van der Waals surface area (Å²) in [6, 6.07) is 3.71. The van der Waals surface area contributed by atoms with Crippen molar-refractivity contribution in [2.24, 2.45) is 5.73 Å². The maximum Gasteiger partial charge on any atom is 0.416 e. The molecule has 0 aliphatic rings. The first-order chi connectivity index (χ1) is 8.49. The molecular formula is C12H16F3NOS. The fourth-order valence-electron chi connectivity index (χ4n) is 1.44. The lowest BCUT2D eigenvalue weighted by molar-refractivity contribution is -0.137. The maximum absolute atomic E-state index is 12.5. The van der Waals surface area contributed by atoms with Crippen LogP contribution in [0.3, 0.4) is 0 Å². The van der Waals surface area contributed by atoms with Crippen molar-refractivity contribution in [1.29, 1.82) is 0 Å². The predicted molar refractivity (Wildman–Crippen MR) is 66.6 cm³/mol. The van der Waals surface area contributed by atoms with Crippen LogP contribution in [0.4, 0.5) is 13.2 Å². The highest BCUT2D eigenvalue weighted by molar-refractivity contribution is 7.99. The molecule has 0 bridgehead atoms. The van der Waals surface area contributed by atoms with Crippen molar-refractivity contribution < 1.29 is 17.9 Å². The van der Waals surface area contributed by atoms with E-state index in [0.717, 1.165) is 29.2 Å². The number of halogens is 3. The van der Waals surface area contributed by atoms with Crippen molar-refractivity contribution in [2.75, 3.05) is 19.5 Å². The van der Waals surface area contributed by atoms with E-state index in [4.69, 9.17) is 10.5 Å². The van der Waals surface area contributed by atoms with Crippen LogP contribution in [0.15, 0.2) is 23.1 Å². The fourth-order valence-corrected chi connectivity index (χ4v) is 2.42. The van der Waals surface area contributed by atoms with Crippen molar-refractivity contribution in [3.63, 3.8) is 0 Å². The van der Waals surface area contributed by atoms with Gasteiger partial charge in [-0.25, -0.2) is 0 Å². The molecule has 18 heavy (non-hydrogen) atoms. The normalized spacial score (nSPS) is 11.8. The van der Waals surface area contributed by atoms with Gasteiger partial charge in [-0.05, 0) is 30.2 Å². The highest BCUT2D eigenvalue weighted by Crippen LogP contribution is 2.33. The molecule has 0 atom stereocenters. The van der Waals surface area contributed by atoms with Gasteiger partial charge in [0.15, 0.2) is 0 Å². The lowest BCUT2D eigenvalue weighted by Crippen LogP contribution is -2.08. The number of methoxy groups -OCH3 is 1. The molecule has 0 aliphatic heterocycles. The number of nitrogens with two attached hydrogens (primary N) is 1. The van der Waals surface area contributed by atoms with E-state index in [-0.39, 0.29) is 6.54 Å². The topological polar surface area (TPSA) is 35.2 Å². The van der Waals surface area contributed by atoms with E-state index in [1.165, 1.54) is 17.8 Å². The highest BCUT2D eigenvalue weighted by Gasteiger charge is 2.30. The molecule has 0 radical (unpaired) electrons. The number of rotatable bonds is 6. The predicted octanol–water partition coefficient (Wildman–Crippen LogP) is 3.29. The van der Waals surface area contributed by atoms with Crippen LogP contribution in [0, 0.1) is 0 Å². The van der Waals surface area contributed by atoms with Crippen molar-refractivity contribution in [3.8, 4) is 0 Å². The van der Waals surface area contributed by atoms with Crippen molar-refractivity contribution in [1.82, 2.24) is 0 Å². The molecule has 102 valence electrons. The summed E-state index contributed by atoms with van der Waals surface area (Å²) in [5, 5.41) is 0. The molecule has 0 unspecified atom stereocenters. The van der Waals surface area contributed by atoms with Crippen LogP contribution in [0.25, 0.3) is 0 Å². The van der Waals surface area contributed by atoms with Gasteiger partial charge in [0.05, 0.1) is 5.56 Å². The Morgan fingerprint density at radius 2 is 2.06 bits per heavy atom. The van der Waals surface area contributed by atoms with Gasteiger partial charge < -0.3 is 10.5 Å². The summed E-state index contributed by atoms with van der Waals surface area (Å²) in [6.07, 6.45) is -3.46. The molecule has 0 aromatic heterocycles. The quantitative estimate of drug-likeness (QED) is 0.641. The van der Waals surface area contributed by atoms with Gasteiger partial charge in [0.1, 0.15) is 0 Å². The number of ether oxygens (including phenoxy) is 1. The Hall–Kier alpha value is -0.720. The molecule has 2 N–H and O–H groups in total. The fraction of sp³-hybridized carbons (Fsp3) is 0.500. The molecule has 6 heteroatoms. The number of alkyl halides is 3. The molecule has 0 fully saturated rings. The van der Waals surface area contributed by atoms with Crippen LogP contribution in [0.5, 0.6) is 0 Å². The van der Waals surface area contributed by atoms with E-state index in [1.54, 1.807) is 7.11 Å². The van der Waals surface area contributed by atoms with Crippen LogP contribution in [-0.2, 0) is 17.5 Å². The van der Waals surface area contributed by atoms with E-state index in [0.29, 0.717) is 12.2 Å². The largest absolute Gasteiger partial charge is 0.416 e. The summed E-state index contributed by atoms with van der Waals surface area (Å²) in [6.45, 7) is 0.752. The van der Waals surface area contributed by atoms with E-state index in [2.05, 4.69) is 0 Å². The Kier molecular flexibility index (Phi) is 5.98. The zero-order valence-corrected chi connectivity index (χ0v) is 10.9. The summed E-state index contributed by atoms with van der Waals surface area (Å²) in [5.74, 6) is 0.798. The van der Waals surface area contributed by atoms with Gasteiger partial charge in [-0.1, -0.05) is 0 Å². The Morgan fingerprint density at radius 1 is 1.33 bits per heavy atom. The Bertz CT molecular complexity index is 382. The van der Waals surface area contributed by atoms with Gasteiger partial charge in [-0.2, -0.15) is 13.2 Å². The molecular weight excluding hydrogens is 263 g/mol. The Labute approximate surface area is 109 Å². The molecule has 1 aromatic rings. The summed E-state index contributed by atoms with van der Waals surface area (Å²) >= 11 is 1.50. The van der Waals surface area contributed by atoms with Gasteiger partial charge in [0.25, 0.3) is 0 Å². The second-order valence-corrected chi connectivity index (χ2v) is 4.86. The smallest absolute Gasteiger partial charge is 0.385 e. The molecule has 0 amide bonds. The minimum Gasteiger partial charge on any atom is -0.385 e. The average molecular weight is 279 g/mol. The highest BCUT2D eigenvalue weighted by atomic mass is 32.2. The molecule has 1 aromatic carbocycles. The molecule has 0 saturated heterocycles. The van der Waals surface area contributed by atoms with E-state index >= 15 is 0 Å². The summed E-state index contributed by atoms with van der Waals surface area (Å²) in [5.41, 5.74) is 5.37. The summed E-state index contributed by atoms with van der Waals surface area (Å²) < 4.78 is 42.5. The molecule has 0 saturated carbocycles. The first-order valence-corrected chi connectivity index (χ1v) is 6.49. The van der Waals surface area contributed by atoms with Crippen LogP contribution < -0.4 is 5.73 Å². The SMILES string of the molecule is COCCCSc1ccc(C(F)(F)F)cc1CN. The van der Waals surface area contributed by atoms with Gasteiger partial charge in [-0.3, -0.25) is 0 Å². The molecule has 0 heterocycles.